The highest BCUT2D eigenvalue weighted by atomic mass is 16.5. The third-order valence-corrected chi connectivity index (χ3v) is 6.56. The summed E-state index contributed by atoms with van der Waals surface area (Å²) in [7, 11) is 1.39. The fraction of sp³-hybridized carbons (Fsp3) is 0.824. The third kappa shape index (κ3) is 1.87. The minimum absolute atomic E-state index is 0.000353. The number of hydrogen-bond donors (Lipinski definition) is 1. The first kappa shape index (κ1) is 15.5. The van der Waals surface area contributed by atoms with E-state index in [1.807, 2.05) is 13.8 Å². The zero-order chi connectivity index (χ0) is 16.3. The van der Waals surface area contributed by atoms with Crippen molar-refractivity contribution >= 4 is 17.7 Å². The van der Waals surface area contributed by atoms with Crippen LogP contribution in [0.4, 0.5) is 0 Å². The summed E-state index contributed by atoms with van der Waals surface area (Å²) in [4.78, 5) is 36.2. The molecule has 3 aliphatic carbocycles. The van der Waals surface area contributed by atoms with Crippen molar-refractivity contribution in [2.45, 2.75) is 46.0 Å². The molecule has 1 spiro atoms. The predicted molar refractivity (Wildman–Crippen MR) is 77.9 cm³/mol. The topological polar surface area (TPSA) is 80.7 Å². The number of carboxylic acid groups (broad SMARTS) is 1. The zero-order valence-corrected chi connectivity index (χ0v) is 13.4. The predicted octanol–water partition coefficient (Wildman–Crippen LogP) is 2.28. The van der Waals surface area contributed by atoms with Crippen LogP contribution >= 0.6 is 0 Å². The lowest BCUT2D eigenvalue weighted by Gasteiger charge is -2.36. The van der Waals surface area contributed by atoms with Crippen molar-refractivity contribution in [3.63, 3.8) is 0 Å². The number of methoxy groups -OCH3 is 1. The molecule has 3 rings (SSSR count). The smallest absolute Gasteiger partial charge is 0.308 e. The summed E-state index contributed by atoms with van der Waals surface area (Å²) in [5, 5.41) is 9.25. The second-order valence-corrected chi connectivity index (χ2v) is 7.93. The Morgan fingerprint density at radius 1 is 1.32 bits per heavy atom. The quantitative estimate of drug-likeness (QED) is 0.809. The van der Waals surface area contributed by atoms with E-state index in [0.717, 1.165) is 12.8 Å². The van der Waals surface area contributed by atoms with E-state index in [4.69, 9.17) is 4.74 Å². The van der Waals surface area contributed by atoms with Crippen LogP contribution in [0, 0.1) is 34.5 Å². The Labute approximate surface area is 130 Å². The number of rotatable bonds is 3. The zero-order valence-electron chi connectivity index (χ0n) is 13.4. The Kier molecular flexibility index (Phi) is 3.38. The fourth-order valence-electron chi connectivity index (χ4n) is 5.97. The summed E-state index contributed by atoms with van der Waals surface area (Å²) in [6, 6.07) is 0. The Morgan fingerprint density at radius 3 is 2.59 bits per heavy atom. The average molecular weight is 308 g/mol. The van der Waals surface area contributed by atoms with Gasteiger partial charge in [0.2, 0.25) is 0 Å². The highest BCUT2D eigenvalue weighted by molar-refractivity contribution is 5.91. The number of ketones is 1. The first-order valence-corrected chi connectivity index (χ1v) is 8.08. The molecule has 3 saturated carbocycles. The van der Waals surface area contributed by atoms with Gasteiger partial charge in [0.25, 0.3) is 0 Å². The summed E-state index contributed by atoms with van der Waals surface area (Å²) in [5.41, 5.74) is -0.719. The molecule has 5 atom stereocenters. The second-order valence-electron chi connectivity index (χ2n) is 7.93. The maximum Gasteiger partial charge on any atom is 0.308 e. The van der Waals surface area contributed by atoms with Crippen LogP contribution in [0.1, 0.15) is 46.0 Å². The van der Waals surface area contributed by atoms with E-state index in [2.05, 4.69) is 0 Å². The SMILES string of the molecule is COC(=O)[C@@H]1C[C@@H]2C(=O)C(C)(C)C[C@@]23[C@@H](CC(=O)O)CC[C@@H]13. The van der Waals surface area contributed by atoms with Gasteiger partial charge in [-0.25, -0.2) is 0 Å². The number of ether oxygens (including phenoxy) is 1. The van der Waals surface area contributed by atoms with Crippen LogP contribution in [0.25, 0.3) is 0 Å². The van der Waals surface area contributed by atoms with Gasteiger partial charge in [-0.2, -0.15) is 0 Å². The molecule has 0 radical (unpaired) electrons. The molecular weight excluding hydrogens is 284 g/mol. The van der Waals surface area contributed by atoms with E-state index in [9.17, 15) is 19.5 Å². The average Bonchev–Trinajstić information content (AvgIpc) is 2.97. The molecule has 0 saturated heterocycles. The molecular formula is C17H24O5. The van der Waals surface area contributed by atoms with Crippen molar-refractivity contribution in [3.05, 3.63) is 0 Å². The van der Waals surface area contributed by atoms with E-state index in [1.165, 1.54) is 7.11 Å². The van der Waals surface area contributed by atoms with Crippen molar-refractivity contribution < 1.29 is 24.2 Å². The van der Waals surface area contributed by atoms with Gasteiger partial charge in [0.1, 0.15) is 5.78 Å². The van der Waals surface area contributed by atoms with Crippen LogP contribution in [-0.4, -0.2) is 29.9 Å². The standard InChI is InChI=1S/C17H24O5/c1-16(2)8-17-9(6-13(18)19)4-5-11(17)10(15(21)22-3)7-12(17)14(16)20/h9-12H,4-8H2,1-3H3,(H,18,19)/t9-,10-,11+,12-,17+/m1/s1. The van der Waals surface area contributed by atoms with Gasteiger partial charge in [-0.3, -0.25) is 14.4 Å². The monoisotopic (exact) mass is 308 g/mol. The van der Waals surface area contributed by atoms with E-state index in [0.29, 0.717) is 12.8 Å². The molecule has 0 aliphatic heterocycles. The second kappa shape index (κ2) is 4.80. The fourth-order valence-corrected chi connectivity index (χ4v) is 5.97. The molecule has 0 bridgehead atoms. The van der Waals surface area contributed by atoms with Gasteiger partial charge in [0, 0.05) is 17.8 Å². The number of hydrogen-bond acceptors (Lipinski definition) is 4. The molecule has 3 fully saturated rings. The summed E-state index contributed by atoms with van der Waals surface area (Å²) in [6.45, 7) is 3.92. The molecule has 1 N–H and O–H groups in total. The van der Waals surface area contributed by atoms with Gasteiger partial charge in [0.15, 0.2) is 0 Å². The van der Waals surface area contributed by atoms with Crippen LogP contribution in [0.15, 0.2) is 0 Å². The van der Waals surface area contributed by atoms with Crippen LogP contribution in [-0.2, 0) is 19.1 Å². The van der Waals surface area contributed by atoms with Gasteiger partial charge >= 0.3 is 11.9 Å². The maximum absolute atomic E-state index is 12.8. The van der Waals surface area contributed by atoms with E-state index >= 15 is 0 Å². The number of esters is 1. The van der Waals surface area contributed by atoms with Gasteiger partial charge in [-0.05, 0) is 42.9 Å². The molecule has 0 heterocycles. The summed E-state index contributed by atoms with van der Waals surface area (Å²) in [5.74, 6) is -1.16. The first-order chi connectivity index (χ1) is 10.2. The van der Waals surface area contributed by atoms with Crippen molar-refractivity contribution in [2.75, 3.05) is 7.11 Å². The number of aliphatic carboxylic acids is 1. The molecule has 3 aliphatic rings. The Balaban J connectivity index is 2.02. The summed E-state index contributed by atoms with van der Waals surface area (Å²) < 4.78 is 4.94. The molecule has 0 aromatic carbocycles. The van der Waals surface area contributed by atoms with Crippen molar-refractivity contribution in [1.29, 1.82) is 0 Å². The first-order valence-electron chi connectivity index (χ1n) is 8.08. The molecule has 0 aromatic heterocycles. The molecule has 122 valence electrons. The molecule has 0 amide bonds. The highest BCUT2D eigenvalue weighted by Gasteiger charge is 2.71. The van der Waals surface area contributed by atoms with E-state index in [1.54, 1.807) is 0 Å². The molecule has 0 unspecified atom stereocenters. The summed E-state index contributed by atoms with van der Waals surface area (Å²) >= 11 is 0. The van der Waals surface area contributed by atoms with Crippen LogP contribution in [0.3, 0.4) is 0 Å². The minimum Gasteiger partial charge on any atom is -0.481 e. The lowest BCUT2D eigenvalue weighted by Crippen LogP contribution is -2.35. The number of carbonyl (C=O) groups is 3. The lowest BCUT2D eigenvalue weighted by molar-refractivity contribution is -0.147. The van der Waals surface area contributed by atoms with Crippen LogP contribution in [0.2, 0.25) is 0 Å². The number of Topliss-reactive ketones (excluding diaryl/α,β-unsaturated/α-hetero) is 1. The van der Waals surface area contributed by atoms with Gasteiger partial charge in [0.05, 0.1) is 13.0 Å². The van der Waals surface area contributed by atoms with Gasteiger partial charge < -0.3 is 9.84 Å². The Bertz CT molecular complexity index is 537. The molecule has 22 heavy (non-hydrogen) atoms. The van der Waals surface area contributed by atoms with Crippen LogP contribution < -0.4 is 0 Å². The van der Waals surface area contributed by atoms with E-state index in [-0.39, 0.29) is 47.3 Å². The van der Waals surface area contributed by atoms with Crippen LogP contribution in [0.5, 0.6) is 0 Å². The minimum atomic E-state index is -0.808. The number of carbonyl (C=O) groups excluding carboxylic acids is 2. The molecule has 5 heteroatoms. The highest BCUT2D eigenvalue weighted by Crippen LogP contribution is 2.71. The van der Waals surface area contributed by atoms with Crippen molar-refractivity contribution in [1.82, 2.24) is 0 Å². The molecule has 5 nitrogen and oxygen atoms in total. The lowest BCUT2D eigenvalue weighted by atomic mass is 9.66. The van der Waals surface area contributed by atoms with Crippen molar-refractivity contribution in [3.8, 4) is 0 Å². The third-order valence-electron chi connectivity index (χ3n) is 6.56. The maximum atomic E-state index is 12.8. The Hall–Kier alpha value is -1.39. The normalized spacial score (nSPS) is 42.0. The molecule has 0 aromatic rings. The number of carboxylic acids is 1. The van der Waals surface area contributed by atoms with Gasteiger partial charge in [-0.1, -0.05) is 13.8 Å². The van der Waals surface area contributed by atoms with Crippen molar-refractivity contribution in [2.24, 2.45) is 34.5 Å². The van der Waals surface area contributed by atoms with Gasteiger partial charge in [-0.15, -0.1) is 0 Å². The van der Waals surface area contributed by atoms with E-state index < -0.39 is 11.4 Å². The summed E-state index contributed by atoms with van der Waals surface area (Å²) in [6.07, 6.45) is 2.97. The Morgan fingerprint density at radius 2 is 2.00 bits per heavy atom. The largest absolute Gasteiger partial charge is 0.481 e.